The number of furan rings is 1. The van der Waals surface area contributed by atoms with Gasteiger partial charge in [0, 0.05) is 57.7 Å². The number of likely N-dealkylation sites (tertiary alicyclic amines) is 1. The number of nitrogens with zero attached hydrogens (tertiary/aromatic N) is 5. The summed E-state index contributed by atoms with van der Waals surface area (Å²) in [6.07, 6.45) is 5.39. The minimum absolute atomic E-state index is 0.107. The Morgan fingerprint density at radius 2 is 2.00 bits per heavy atom. The standard InChI is InChI=1S/C26H34N6O2/c1-30-13-2-4-22(19-30)26(33)27-12-10-24-28-29-25-11-14-31(15-16-32(24)25)18-20-6-8-21(9-7-20)23-5-3-17-34-23/h3,5-9,17,22H,2,4,10-16,18-19H2,1H3,(H,27,33). The average Bonchev–Trinajstić information content (AvgIpc) is 3.47. The van der Waals surface area contributed by atoms with Crippen molar-refractivity contribution in [2.75, 3.05) is 39.8 Å². The molecule has 34 heavy (non-hydrogen) atoms. The molecule has 0 aliphatic carbocycles. The number of amides is 1. The first-order valence-corrected chi connectivity index (χ1v) is 12.4. The molecule has 1 fully saturated rings. The van der Waals surface area contributed by atoms with Gasteiger partial charge in [-0.1, -0.05) is 24.3 Å². The minimum Gasteiger partial charge on any atom is -0.464 e. The first kappa shape index (κ1) is 22.8. The van der Waals surface area contributed by atoms with Crippen LogP contribution in [0.4, 0.5) is 0 Å². The summed E-state index contributed by atoms with van der Waals surface area (Å²) in [7, 11) is 2.09. The van der Waals surface area contributed by atoms with Crippen LogP contribution in [0.5, 0.6) is 0 Å². The van der Waals surface area contributed by atoms with Gasteiger partial charge >= 0.3 is 0 Å². The van der Waals surface area contributed by atoms with Gasteiger partial charge < -0.3 is 19.2 Å². The number of benzene rings is 1. The van der Waals surface area contributed by atoms with Crippen LogP contribution in [-0.4, -0.2) is 70.2 Å². The van der Waals surface area contributed by atoms with Gasteiger partial charge in [-0.05, 0) is 44.1 Å². The topological polar surface area (TPSA) is 79.4 Å². The maximum Gasteiger partial charge on any atom is 0.224 e. The summed E-state index contributed by atoms with van der Waals surface area (Å²) in [5, 5.41) is 12.0. The smallest absolute Gasteiger partial charge is 0.224 e. The Balaban J connectivity index is 1.12. The van der Waals surface area contributed by atoms with Crippen molar-refractivity contribution in [1.82, 2.24) is 29.9 Å². The molecular weight excluding hydrogens is 428 g/mol. The Kier molecular flexibility index (Phi) is 7.06. The van der Waals surface area contributed by atoms with E-state index in [1.807, 2.05) is 12.1 Å². The van der Waals surface area contributed by atoms with Gasteiger partial charge in [-0.3, -0.25) is 9.69 Å². The maximum atomic E-state index is 12.5. The molecule has 0 radical (unpaired) electrons. The van der Waals surface area contributed by atoms with Crippen LogP contribution in [0.25, 0.3) is 11.3 Å². The van der Waals surface area contributed by atoms with Gasteiger partial charge in [0.15, 0.2) is 0 Å². The van der Waals surface area contributed by atoms with Crippen LogP contribution in [0.15, 0.2) is 47.1 Å². The SMILES string of the molecule is CN1CCCC(C(=O)NCCc2nnc3n2CCN(Cc2ccc(-c4ccco4)cc2)CC3)C1. The summed E-state index contributed by atoms with van der Waals surface area (Å²) in [4.78, 5) is 17.2. The zero-order chi connectivity index (χ0) is 23.3. The van der Waals surface area contributed by atoms with Crippen LogP contribution >= 0.6 is 0 Å². The van der Waals surface area contributed by atoms with Crippen molar-refractivity contribution >= 4 is 5.91 Å². The monoisotopic (exact) mass is 462 g/mol. The summed E-state index contributed by atoms with van der Waals surface area (Å²) in [5.41, 5.74) is 2.40. The molecule has 180 valence electrons. The third-order valence-electron chi connectivity index (χ3n) is 7.00. The third-order valence-corrected chi connectivity index (χ3v) is 7.00. The number of carbonyl (C=O) groups is 1. The highest BCUT2D eigenvalue weighted by molar-refractivity contribution is 5.78. The zero-order valence-corrected chi connectivity index (χ0v) is 19.9. The van der Waals surface area contributed by atoms with Crippen LogP contribution in [0.2, 0.25) is 0 Å². The molecule has 4 heterocycles. The van der Waals surface area contributed by atoms with Crippen molar-refractivity contribution in [3.8, 4) is 11.3 Å². The van der Waals surface area contributed by atoms with Gasteiger partial charge in [-0.25, -0.2) is 0 Å². The lowest BCUT2D eigenvalue weighted by Gasteiger charge is -2.28. The molecule has 1 amide bonds. The average molecular weight is 463 g/mol. The molecule has 1 N–H and O–H groups in total. The van der Waals surface area contributed by atoms with Crippen molar-refractivity contribution in [1.29, 1.82) is 0 Å². The molecule has 8 nitrogen and oxygen atoms in total. The van der Waals surface area contributed by atoms with Gasteiger partial charge in [-0.2, -0.15) is 0 Å². The molecule has 8 heteroatoms. The second-order valence-corrected chi connectivity index (χ2v) is 9.53. The summed E-state index contributed by atoms with van der Waals surface area (Å²) < 4.78 is 7.74. The van der Waals surface area contributed by atoms with Gasteiger partial charge in [0.2, 0.25) is 5.91 Å². The second kappa shape index (κ2) is 10.5. The Bertz CT molecular complexity index is 1080. The summed E-state index contributed by atoms with van der Waals surface area (Å²) >= 11 is 0. The summed E-state index contributed by atoms with van der Waals surface area (Å²) in [5.74, 6) is 3.20. The van der Waals surface area contributed by atoms with Gasteiger partial charge in [-0.15, -0.1) is 10.2 Å². The fourth-order valence-corrected chi connectivity index (χ4v) is 5.07. The molecule has 0 bridgehead atoms. The van der Waals surface area contributed by atoms with Crippen molar-refractivity contribution in [3.63, 3.8) is 0 Å². The number of carbonyl (C=O) groups excluding carboxylic acids is 1. The van der Waals surface area contributed by atoms with Crippen molar-refractivity contribution in [2.45, 2.75) is 38.8 Å². The third kappa shape index (κ3) is 5.39. The van der Waals surface area contributed by atoms with E-state index in [0.717, 1.165) is 87.9 Å². The zero-order valence-electron chi connectivity index (χ0n) is 19.9. The molecule has 2 aromatic heterocycles. The van der Waals surface area contributed by atoms with E-state index in [1.165, 1.54) is 5.56 Å². The number of rotatable bonds is 7. The quantitative estimate of drug-likeness (QED) is 0.582. The molecule has 1 aromatic carbocycles. The van der Waals surface area contributed by atoms with E-state index in [4.69, 9.17) is 4.42 Å². The van der Waals surface area contributed by atoms with Gasteiger partial charge in [0.25, 0.3) is 0 Å². The molecule has 0 saturated carbocycles. The largest absolute Gasteiger partial charge is 0.464 e. The predicted molar refractivity (Wildman–Crippen MR) is 130 cm³/mol. The number of hydrogen-bond acceptors (Lipinski definition) is 6. The first-order valence-electron chi connectivity index (χ1n) is 12.4. The Morgan fingerprint density at radius 3 is 2.79 bits per heavy atom. The number of fused-ring (bicyclic) bond motifs is 1. The molecule has 2 aliphatic rings. The van der Waals surface area contributed by atoms with Gasteiger partial charge in [0.1, 0.15) is 17.4 Å². The van der Waals surface area contributed by atoms with E-state index in [2.05, 4.69) is 61.2 Å². The molecule has 1 saturated heterocycles. The van der Waals surface area contributed by atoms with Crippen molar-refractivity contribution in [2.24, 2.45) is 5.92 Å². The highest BCUT2D eigenvalue weighted by atomic mass is 16.3. The number of piperidine rings is 1. The highest BCUT2D eigenvalue weighted by Gasteiger charge is 2.24. The minimum atomic E-state index is 0.107. The molecule has 1 unspecified atom stereocenters. The molecular formula is C26H34N6O2. The van der Waals surface area contributed by atoms with Crippen LogP contribution in [-0.2, 0) is 30.7 Å². The van der Waals surface area contributed by atoms with E-state index in [1.54, 1.807) is 6.26 Å². The lowest BCUT2D eigenvalue weighted by Crippen LogP contribution is -2.42. The Morgan fingerprint density at radius 1 is 1.12 bits per heavy atom. The van der Waals surface area contributed by atoms with Crippen molar-refractivity contribution < 1.29 is 9.21 Å². The lowest BCUT2D eigenvalue weighted by molar-refractivity contribution is -0.126. The number of nitrogens with one attached hydrogen (secondary N) is 1. The maximum absolute atomic E-state index is 12.5. The van der Waals surface area contributed by atoms with E-state index < -0.39 is 0 Å². The Labute approximate surface area is 200 Å². The molecule has 1 atom stereocenters. The fourth-order valence-electron chi connectivity index (χ4n) is 5.07. The van der Waals surface area contributed by atoms with E-state index in [0.29, 0.717) is 6.54 Å². The predicted octanol–water partition coefficient (Wildman–Crippen LogP) is 2.60. The molecule has 2 aliphatic heterocycles. The lowest BCUT2D eigenvalue weighted by atomic mass is 9.97. The van der Waals surface area contributed by atoms with Crippen LogP contribution in [0.1, 0.15) is 30.1 Å². The summed E-state index contributed by atoms with van der Waals surface area (Å²) in [6.45, 7) is 6.27. The van der Waals surface area contributed by atoms with E-state index >= 15 is 0 Å². The molecule has 3 aromatic rings. The normalized spacial score (nSPS) is 19.5. The first-order chi connectivity index (χ1) is 16.7. The second-order valence-electron chi connectivity index (χ2n) is 9.53. The number of hydrogen-bond donors (Lipinski definition) is 1. The van der Waals surface area contributed by atoms with Gasteiger partial charge in [0.05, 0.1) is 12.2 Å². The van der Waals surface area contributed by atoms with Crippen molar-refractivity contribution in [3.05, 3.63) is 59.9 Å². The molecule has 0 spiro atoms. The fraction of sp³-hybridized carbons (Fsp3) is 0.500. The summed E-state index contributed by atoms with van der Waals surface area (Å²) in [6, 6.07) is 12.5. The number of aromatic nitrogens is 3. The van der Waals surface area contributed by atoms with Crippen LogP contribution in [0, 0.1) is 5.92 Å². The van der Waals surface area contributed by atoms with Crippen LogP contribution < -0.4 is 5.32 Å². The van der Waals surface area contributed by atoms with Crippen LogP contribution in [0.3, 0.4) is 0 Å². The highest BCUT2D eigenvalue weighted by Crippen LogP contribution is 2.21. The Hall–Kier alpha value is -2.97. The van der Waals surface area contributed by atoms with E-state index in [9.17, 15) is 4.79 Å². The molecule has 5 rings (SSSR count). The van der Waals surface area contributed by atoms with E-state index in [-0.39, 0.29) is 11.8 Å².